The van der Waals surface area contributed by atoms with E-state index in [0.29, 0.717) is 6.61 Å². The van der Waals surface area contributed by atoms with Gasteiger partial charge >= 0.3 is 5.97 Å². The maximum atomic E-state index is 11.4. The van der Waals surface area contributed by atoms with Crippen molar-refractivity contribution in [3.8, 4) is 5.75 Å². The van der Waals surface area contributed by atoms with Crippen LogP contribution in [0.3, 0.4) is 0 Å². The first-order valence-electron chi connectivity index (χ1n) is 5.97. The van der Waals surface area contributed by atoms with Gasteiger partial charge in [-0.2, -0.15) is 0 Å². The molecule has 0 aromatic heterocycles. The first-order chi connectivity index (χ1) is 9.19. The number of carbonyl (C=O) groups is 2. The highest BCUT2D eigenvalue weighted by Crippen LogP contribution is 2.26. The Balaban J connectivity index is 1.91. The second kappa shape index (κ2) is 6.04. The van der Waals surface area contributed by atoms with Crippen LogP contribution in [-0.4, -0.2) is 32.1 Å². The number of benzene rings is 1. The molecule has 5 heteroatoms. The van der Waals surface area contributed by atoms with E-state index in [2.05, 4.69) is 10.1 Å². The molecule has 100 valence electrons. The Morgan fingerprint density at radius 2 is 2.32 bits per heavy atom. The Morgan fingerprint density at radius 3 is 3.11 bits per heavy atom. The van der Waals surface area contributed by atoms with E-state index in [1.54, 1.807) is 6.08 Å². The molecule has 0 spiro atoms. The zero-order valence-electron chi connectivity index (χ0n) is 10.6. The van der Waals surface area contributed by atoms with Crippen molar-refractivity contribution in [2.24, 2.45) is 0 Å². The van der Waals surface area contributed by atoms with Crippen molar-refractivity contribution in [3.63, 3.8) is 0 Å². The van der Waals surface area contributed by atoms with Gasteiger partial charge in [-0.25, -0.2) is 0 Å². The van der Waals surface area contributed by atoms with Gasteiger partial charge in [0, 0.05) is 12.5 Å². The molecule has 1 heterocycles. The number of carbonyl (C=O) groups excluding carboxylic acids is 2. The second-order valence-corrected chi connectivity index (χ2v) is 4.09. The number of rotatable bonds is 4. The summed E-state index contributed by atoms with van der Waals surface area (Å²) in [5.41, 5.74) is 2.08. The third kappa shape index (κ3) is 3.58. The van der Waals surface area contributed by atoms with Crippen LogP contribution in [0.15, 0.2) is 24.3 Å². The first-order valence-corrected chi connectivity index (χ1v) is 5.97. The maximum Gasteiger partial charge on any atom is 0.325 e. The lowest BCUT2D eigenvalue weighted by atomic mass is 10.1. The van der Waals surface area contributed by atoms with E-state index in [1.807, 2.05) is 18.2 Å². The molecule has 0 bridgehead atoms. The zero-order chi connectivity index (χ0) is 13.7. The normalized spacial score (nSPS) is 12.9. The zero-order valence-corrected chi connectivity index (χ0v) is 10.6. The minimum atomic E-state index is -0.476. The standard InChI is InChI=1S/C14H15NO4/c1-18-14(17)9-15-13(16)5-3-10-2-4-12-11(8-10)6-7-19-12/h2-5,8H,6-7,9H2,1H3,(H,15,16)/b5-3+. The van der Waals surface area contributed by atoms with E-state index < -0.39 is 5.97 Å². The topological polar surface area (TPSA) is 64.6 Å². The fraction of sp³-hybridized carbons (Fsp3) is 0.286. The highest BCUT2D eigenvalue weighted by Gasteiger charge is 2.11. The Hall–Kier alpha value is -2.30. The van der Waals surface area contributed by atoms with E-state index in [-0.39, 0.29) is 12.5 Å². The third-order valence-corrected chi connectivity index (χ3v) is 2.78. The highest BCUT2D eigenvalue weighted by atomic mass is 16.5. The van der Waals surface area contributed by atoms with Gasteiger partial charge in [-0.05, 0) is 29.3 Å². The number of hydrogen-bond donors (Lipinski definition) is 1. The third-order valence-electron chi connectivity index (χ3n) is 2.78. The van der Waals surface area contributed by atoms with Crippen LogP contribution in [-0.2, 0) is 20.7 Å². The van der Waals surface area contributed by atoms with E-state index >= 15 is 0 Å². The van der Waals surface area contributed by atoms with Gasteiger partial charge in [0.1, 0.15) is 12.3 Å². The summed E-state index contributed by atoms with van der Waals surface area (Å²) in [6.07, 6.45) is 3.98. The molecule has 1 aliphatic rings. The maximum absolute atomic E-state index is 11.4. The molecule has 0 fully saturated rings. The van der Waals surface area contributed by atoms with Crippen molar-refractivity contribution < 1.29 is 19.1 Å². The number of fused-ring (bicyclic) bond motifs is 1. The van der Waals surface area contributed by atoms with Gasteiger partial charge in [0.2, 0.25) is 5.91 Å². The lowest BCUT2D eigenvalue weighted by molar-refractivity contribution is -0.140. The van der Waals surface area contributed by atoms with Crippen LogP contribution in [0, 0.1) is 0 Å². The summed E-state index contributed by atoms with van der Waals surface area (Å²) < 4.78 is 9.82. The molecule has 0 radical (unpaired) electrons. The van der Waals surface area contributed by atoms with Crippen molar-refractivity contribution in [2.75, 3.05) is 20.3 Å². The molecule has 0 unspecified atom stereocenters. The number of ether oxygens (including phenoxy) is 2. The summed E-state index contributed by atoms with van der Waals surface area (Å²) in [6, 6.07) is 5.77. The van der Waals surface area contributed by atoms with Crippen molar-refractivity contribution >= 4 is 18.0 Å². The first kappa shape index (κ1) is 13.1. The van der Waals surface area contributed by atoms with Gasteiger partial charge in [0.15, 0.2) is 0 Å². The monoisotopic (exact) mass is 261 g/mol. The van der Waals surface area contributed by atoms with Crippen molar-refractivity contribution in [1.29, 1.82) is 0 Å². The summed E-state index contributed by atoms with van der Waals surface area (Å²) in [7, 11) is 1.27. The molecule has 1 amide bonds. The number of amides is 1. The fourth-order valence-electron chi connectivity index (χ4n) is 1.77. The lowest BCUT2D eigenvalue weighted by Gasteiger charge is -2.01. The van der Waals surface area contributed by atoms with E-state index in [4.69, 9.17) is 4.74 Å². The van der Waals surface area contributed by atoms with Gasteiger partial charge in [-0.15, -0.1) is 0 Å². The van der Waals surface area contributed by atoms with Crippen molar-refractivity contribution in [1.82, 2.24) is 5.32 Å². The van der Waals surface area contributed by atoms with E-state index in [0.717, 1.165) is 23.3 Å². The van der Waals surface area contributed by atoms with Gasteiger partial charge in [0.05, 0.1) is 13.7 Å². The number of methoxy groups -OCH3 is 1. The quantitative estimate of drug-likeness (QED) is 0.646. The molecule has 0 saturated carbocycles. The molecule has 0 atom stereocenters. The predicted molar refractivity (Wildman–Crippen MR) is 69.7 cm³/mol. The van der Waals surface area contributed by atoms with Crippen LogP contribution in [0.5, 0.6) is 5.75 Å². The molecule has 19 heavy (non-hydrogen) atoms. The number of esters is 1. The fourth-order valence-corrected chi connectivity index (χ4v) is 1.77. The SMILES string of the molecule is COC(=O)CNC(=O)/C=C/c1ccc2c(c1)CCO2. The number of nitrogens with one attached hydrogen (secondary N) is 1. The van der Waals surface area contributed by atoms with Crippen LogP contribution in [0.4, 0.5) is 0 Å². The van der Waals surface area contributed by atoms with Crippen molar-refractivity contribution in [3.05, 3.63) is 35.4 Å². The Labute approximate surface area is 111 Å². The Morgan fingerprint density at radius 1 is 1.47 bits per heavy atom. The van der Waals surface area contributed by atoms with E-state index in [9.17, 15) is 9.59 Å². The largest absolute Gasteiger partial charge is 0.493 e. The highest BCUT2D eigenvalue weighted by molar-refractivity contribution is 5.93. The summed E-state index contributed by atoms with van der Waals surface area (Å²) in [6.45, 7) is 0.583. The van der Waals surface area contributed by atoms with Crippen LogP contribution in [0.1, 0.15) is 11.1 Å². The summed E-state index contributed by atoms with van der Waals surface area (Å²) in [5, 5.41) is 2.43. The molecule has 1 aliphatic heterocycles. The second-order valence-electron chi connectivity index (χ2n) is 4.09. The molecular weight excluding hydrogens is 246 g/mol. The van der Waals surface area contributed by atoms with Gasteiger partial charge < -0.3 is 14.8 Å². The molecule has 0 saturated heterocycles. The minimum Gasteiger partial charge on any atom is -0.493 e. The molecule has 1 aromatic rings. The average molecular weight is 261 g/mol. The van der Waals surface area contributed by atoms with Crippen LogP contribution in [0.2, 0.25) is 0 Å². The van der Waals surface area contributed by atoms with Crippen LogP contribution < -0.4 is 10.1 Å². The smallest absolute Gasteiger partial charge is 0.325 e. The molecule has 0 aliphatic carbocycles. The summed E-state index contributed by atoms with van der Waals surface area (Å²) in [4.78, 5) is 22.3. The predicted octanol–water partition coefficient (Wildman–Crippen LogP) is 0.924. The summed E-state index contributed by atoms with van der Waals surface area (Å²) in [5.74, 6) is 0.103. The average Bonchev–Trinajstić information content (AvgIpc) is 2.89. The lowest BCUT2D eigenvalue weighted by Crippen LogP contribution is -2.28. The van der Waals surface area contributed by atoms with Gasteiger partial charge in [-0.3, -0.25) is 9.59 Å². The van der Waals surface area contributed by atoms with Crippen LogP contribution in [0.25, 0.3) is 6.08 Å². The molecule has 2 rings (SSSR count). The van der Waals surface area contributed by atoms with Gasteiger partial charge in [0.25, 0.3) is 0 Å². The molecule has 5 nitrogen and oxygen atoms in total. The number of hydrogen-bond acceptors (Lipinski definition) is 4. The Kier molecular flexibility index (Phi) is 4.18. The van der Waals surface area contributed by atoms with Crippen molar-refractivity contribution in [2.45, 2.75) is 6.42 Å². The summed E-state index contributed by atoms with van der Waals surface area (Å²) >= 11 is 0. The molecule has 1 N–H and O–H groups in total. The Bertz CT molecular complexity index is 522. The molecule has 1 aromatic carbocycles. The van der Waals surface area contributed by atoms with Crippen LogP contribution >= 0.6 is 0 Å². The minimum absolute atomic E-state index is 0.127. The van der Waals surface area contributed by atoms with Gasteiger partial charge in [-0.1, -0.05) is 6.07 Å². The van der Waals surface area contributed by atoms with E-state index in [1.165, 1.54) is 13.2 Å². The molecular formula is C14H15NO4.